The first-order valence-electron chi connectivity index (χ1n) is 13.9. The van der Waals surface area contributed by atoms with E-state index in [1.165, 1.54) is 18.2 Å². The topological polar surface area (TPSA) is 91.4 Å². The first kappa shape index (κ1) is 33.5. The largest absolute Gasteiger partial charge is 0.573 e. The number of alkyl halides is 3. The van der Waals surface area contributed by atoms with E-state index in [0.717, 1.165) is 12.0 Å². The predicted octanol–water partition coefficient (Wildman–Crippen LogP) is 8.81. The van der Waals surface area contributed by atoms with E-state index in [1.54, 1.807) is 48.7 Å². The highest BCUT2D eigenvalue weighted by molar-refractivity contribution is 6.31. The summed E-state index contributed by atoms with van der Waals surface area (Å²) in [4.78, 5) is 26.2. The van der Waals surface area contributed by atoms with E-state index >= 15 is 0 Å². The summed E-state index contributed by atoms with van der Waals surface area (Å²) in [6.45, 7) is 5.99. The number of nitrogens with one attached hydrogen (secondary N) is 2. The lowest BCUT2D eigenvalue weighted by molar-refractivity contribution is -0.274. The molecule has 3 N–H and O–H groups in total. The average molecular weight is 621 g/mol. The maximum atomic E-state index is 14.8. The van der Waals surface area contributed by atoms with Crippen LogP contribution >= 0.6 is 11.6 Å². The molecule has 43 heavy (non-hydrogen) atoms. The molecule has 230 valence electrons. The Bertz CT molecular complexity index is 1520. The molecule has 0 fully saturated rings. The highest BCUT2D eigenvalue weighted by atomic mass is 35.5. The standard InChI is InChI=1S/C30H27ClF4N2O4.C2H6/c1-2-3-22(17-4-6-19(7-5-17)29(40)36-13-12-26(38)39)27(18-8-10-21(11-9-18)41-30(33,34)35)24-16-37-28-23(24)14-20(31)15-25(28)32;1-2/h4-11,14-16,22,27,37H,2-3,12-13H2,1H3,(H,36,40)(H,38,39);1-2H3/t22-,27+;/m1./s1. The van der Waals surface area contributed by atoms with Gasteiger partial charge in [0.1, 0.15) is 11.6 Å². The number of aromatic amines is 1. The van der Waals surface area contributed by atoms with Crippen LogP contribution in [0.2, 0.25) is 5.02 Å². The number of carbonyl (C=O) groups is 2. The van der Waals surface area contributed by atoms with Gasteiger partial charge in [0.25, 0.3) is 5.91 Å². The zero-order chi connectivity index (χ0) is 31.7. The smallest absolute Gasteiger partial charge is 0.481 e. The van der Waals surface area contributed by atoms with Crippen LogP contribution < -0.4 is 10.1 Å². The number of fused-ring (bicyclic) bond motifs is 1. The van der Waals surface area contributed by atoms with Gasteiger partial charge in [-0.15, -0.1) is 13.2 Å². The number of carbonyl (C=O) groups excluding carboxylic acids is 1. The summed E-state index contributed by atoms with van der Waals surface area (Å²) in [5, 5.41) is 12.1. The minimum atomic E-state index is -4.83. The predicted molar refractivity (Wildman–Crippen MR) is 158 cm³/mol. The summed E-state index contributed by atoms with van der Waals surface area (Å²) in [5.41, 5.74) is 2.84. The molecule has 1 aromatic heterocycles. The molecule has 4 aromatic rings. The molecular formula is C32H33ClF4N2O4. The molecule has 6 nitrogen and oxygen atoms in total. The summed E-state index contributed by atoms with van der Waals surface area (Å²) in [6, 6.07) is 15.3. The van der Waals surface area contributed by atoms with Crippen molar-refractivity contribution >= 4 is 34.4 Å². The minimum absolute atomic E-state index is 0.00974. The highest BCUT2D eigenvalue weighted by Gasteiger charge is 2.32. The number of aromatic nitrogens is 1. The van der Waals surface area contributed by atoms with Crippen LogP contribution in [0.25, 0.3) is 10.9 Å². The number of benzene rings is 3. The van der Waals surface area contributed by atoms with E-state index in [9.17, 15) is 27.2 Å². The SMILES string of the molecule is CC.CCC[C@H](c1ccc(C(=O)NCCC(=O)O)cc1)[C@H](c1ccc(OC(F)(F)F)cc1)c1c[nH]c2c(F)cc(Cl)cc12. The van der Waals surface area contributed by atoms with Crippen molar-refractivity contribution in [3.63, 3.8) is 0 Å². The average Bonchev–Trinajstić information content (AvgIpc) is 3.37. The number of amides is 1. The van der Waals surface area contributed by atoms with Gasteiger partial charge in [0.15, 0.2) is 0 Å². The van der Waals surface area contributed by atoms with Crippen LogP contribution in [-0.4, -0.2) is 34.9 Å². The van der Waals surface area contributed by atoms with Crippen molar-refractivity contribution in [1.82, 2.24) is 10.3 Å². The number of carboxylic acid groups (broad SMARTS) is 1. The van der Waals surface area contributed by atoms with Crippen LogP contribution in [0.5, 0.6) is 5.75 Å². The molecule has 0 saturated heterocycles. The maximum absolute atomic E-state index is 14.8. The van der Waals surface area contributed by atoms with Crippen LogP contribution in [0.3, 0.4) is 0 Å². The fourth-order valence-electron chi connectivity index (χ4n) is 5.04. The quantitative estimate of drug-likeness (QED) is 0.146. The fraction of sp³-hybridized carbons (Fsp3) is 0.312. The summed E-state index contributed by atoms with van der Waals surface area (Å²) >= 11 is 6.20. The fourth-order valence-corrected chi connectivity index (χ4v) is 5.25. The summed E-state index contributed by atoms with van der Waals surface area (Å²) in [5.74, 6) is -2.99. The monoisotopic (exact) mass is 620 g/mol. The molecule has 11 heteroatoms. The van der Waals surface area contributed by atoms with E-state index < -0.39 is 30.0 Å². The molecule has 4 rings (SSSR count). The number of hydrogen-bond acceptors (Lipinski definition) is 3. The van der Waals surface area contributed by atoms with Crippen LogP contribution in [-0.2, 0) is 4.79 Å². The van der Waals surface area contributed by atoms with Gasteiger partial charge in [-0.25, -0.2) is 4.39 Å². The zero-order valence-corrected chi connectivity index (χ0v) is 24.7. The normalized spacial score (nSPS) is 12.7. The number of hydrogen-bond donors (Lipinski definition) is 3. The lowest BCUT2D eigenvalue weighted by atomic mass is 9.75. The molecule has 0 aliphatic rings. The maximum Gasteiger partial charge on any atom is 0.573 e. The Hall–Kier alpha value is -4.05. The molecule has 0 radical (unpaired) electrons. The van der Waals surface area contributed by atoms with E-state index in [0.29, 0.717) is 28.5 Å². The lowest BCUT2D eigenvalue weighted by Gasteiger charge is -2.29. The van der Waals surface area contributed by atoms with Crippen LogP contribution in [0.1, 0.15) is 78.9 Å². The van der Waals surface area contributed by atoms with Crippen molar-refractivity contribution in [1.29, 1.82) is 0 Å². The minimum Gasteiger partial charge on any atom is -0.481 e. The zero-order valence-electron chi connectivity index (χ0n) is 23.9. The molecule has 0 aliphatic heterocycles. The number of halogens is 5. The third-order valence-corrected chi connectivity index (χ3v) is 6.99. The molecule has 0 aliphatic carbocycles. The second kappa shape index (κ2) is 14.9. The molecule has 1 amide bonds. The van der Waals surface area contributed by atoms with Gasteiger partial charge in [-0.2, -0.15) is 0 Å². The molecule has 0 saturated carbocycles. The van der Waals surface area contributed by atoms with Crippen molar-refractivity contribution in [2.75, 3.05) is 6.54 Å². The van der Waals surface area contributed by atoms with Crippen LogP contribution in [0, 0.1) is 5.82 Å². The number of carboxylic acids is 1. The Labute approximate surface area is 252 Å². The Morgan fingerprint density at radius 1 is 1.02 bits per heavy atom. The van der Waals surface area contributed by atoms with Crippen LogP contribution in [0.4, 0.5) is 17.6 Å². The number of H-pyrrole nitrogens is 1. The Kier molecular flexibility index (Phi) is 11.6. The molecule has 0 unspecified atom stereocenters. The van der Waals surface area contributed by atoms with Crippen LogP contribution in [0.15, 0.2) is 66.9 Å². The summed E-state index contributed by atoms with van der Waals surface area (Å²) < 4.78 is 57.2. The third-order valence-electron chi connectivity index (χ3n) is 6.77. The van der Waals surface area contributed by atoms with Crippen molar-refractivity contribution in [2.45, 2.75) is 58.2 Å². The van der Waals surface area contributed by atoms with Gasteiger partial charge in [0.2, 0.25) is 0 Å². The van der Waals surface area contributed by atoms with Gasteiger partial charge in [-0.3, -0.25) is 9.59 Å². The van der Waals surface area contributed by atoms with Gasteiger partial charge in [-0.05, 0) is 65.4 Å². The van der Waals surface area contributed by atoms with Crippen molar-refractivity contribution < 1.29 is 37.0 Å². The van der Waals surface area contributed by atoms with Gasteiger partial charge < -0.3 is 20.1 Å². The molecule has 0 bridgehead atoms. The lowest BCUT2D eigenvalue weighted by Crippen LogP contribution is -2.26. The second-order valence-electron chi connectivity index (χ2n) is 9.57. The summed E-state index contributed by atoms with van der Waals surface area (Å²) in [6.07, 6.45) is -1.94. The molecular weight excluding hydrogens is 588 g/mol. The summed E-state index contributed by atoms with van der Waals surface area (Å²) in [7, 11) is 0. The van der Waals surface area contributed by atoms with E-state index in [4.69, 9.17) is 16.7 Å². The Morgan fingerprint density at radius 3 is 2.23 bits per heavy atom. The van der Waals surface area contributed by atoms with Gasteiger partial charge in [-0.1, -0.05) is 63.1 Å². The molecule has 0 spiro atoms. The van der Waals surface area contributed by atoms with E-state index in [-0.39, 0.29) is 35.2 Å². The Balaban J connectivity index is 0.00000248. The first-order valence-corrected chi connectivity index (χ1v) is 14.3. The van der Waals surface area contributed by atoms with E-state index in [1.807, 2.05) is 20.8 Å². The van der Waals surface area contributed by atoms with Gasteiger partial charge >= 0.3 is 12.3 Å². The van der Waals surface area contributed by atoms with Crippen molar-refractivity contribution in [2.24, 2.45) is 0 Å². The molecule has 2 atom stereocenters. The number of rotatable bonds is 11. The highest BCUT2D eigenvalue weighted by Crippen LogP contribution is 2.45. The molecule has 1 heterocycles. The van der Waals surface area contributed by atoms with Crippen molar-refractivity contribution in [3.05, 3.63) is 100.0 Å². The van der Waals surface area contributed by atoms with Gasteiger partial charge in [0.05, 0.1) is 11.9 Å². The molecule has 3 aromatic carbocycles. The van der Waals surface area contributed by atoms with Crippen molar-refractivity contribution in [3.8, 4) is 5.75 Å². The second-order valence-corrected chi connectivity index (χ2v) is 10.0. The van der Waals surface area contributed by atoms with Gasteiger partial charge in [0, 0.05) is 34.6 Å². The third kappa shape index (κ3) is 8.73. The van der Waals surface area contributed by atoms with E-state index in [2.05, 4.69) is 15.0 Å². The number of ether oxygens (including phenoxy) is 1. The first-order chi connectivity index (χ1) is 20.5. The Morgan fingerprint density at radius 2 is 1.65 bits per heavy atom. The number of aliphatic carboxylic acids is 1.